The molecule has 2 nitrogen and oxygen atoms in total. The van der Waals surface area contributed by atoms with E-state index in [1.54, 1.807) is 0 Å². The van der Waals surface area contributed by atoms with Crippen molar-refractivity contribution in [2.24, 2.45) is 11.1 Å². The second kappa shape index (κ2) is 5.61. The van der Waals surface area contributed by atoms with E-state index in [9.17, 15) is 4.39 Å². The fourth-order valence-electron chi connectivity index (χ4n) is 2.60. The maximum atomic E-state index is 13.0. The van der Waals surface area contributed by atoms with Crippen molar-refractivity contribution in [1.29, 1.82) is 0 Å². The summed E-state index contributed by atoms with van der Waals surface area (Å²) < 4.78 is 13.0. The number of benzene rings is 1. The van der Waals surface area contributed by atoms with Crippen LogP contribution in [0.25, 0.3) is 0 Å². The third kappa shape index (κ3) is 3.51. The minimum atomic E-state index is -0.192. The van der Waals surface area contributed by atoms with Crippen LogP contribution in [0.3, 0.4) is 0 Å². The number of halogens is 1. The van der Waals surface area contributed by atoms with Gasteiger partial charge in [0, 0.05) is 6.04 Å². The molecule has 17 heavy (non-hydrogen) atoms. The average Bonchev–Trinajstić information content (AvgIpc) is 2.20. The van der Waals surface area contributed by atoms with E-state index in [1.165, 1.54) is 12.1 Å². The Morgan fingerprint density at radius 3 is 2.18 bits per heavy atom. The number of hydrogen-bond acceptors (Lipinski definition) is 2. The van der Waals surface area contributed by atoms with Crippen LogP contribution in [0.4, 0.5) is 4.39 Å². The lowest BCUT2D eigenvalue weighted by Gasteiger charge is -2.39. The third-order valence-electron chi connectivity index (χ3n) is 3.23. The Kier molecular flexibility index (Phi) is 4.66. The first-order chi connectivity index (χ1) is 7.88. The molecule has 96 valence electrons. The summed E-state index contributed by atoms with van der Waals surface area (Å²) >= 11 is 0. The first-order valence-electron chi connectivity index (χ1n) is 6.00. The van der Waals surface area contributed by atoms with Gasteiger partial charge in [0.05, 0.1) is 0 Å². The Morgan fingerprint density at radius 1 is 1.24 bits per heavy atom. The van der Waals surface area contributed by atoms with Crippen molar-refractivity contribution < 1.29 is 4.39 Å². The minimum Gasteiger partial charge on any atom is -0.330 e. The maximum absolute atomic E-state index is 13.0. The largest absolute Gasteiger partial charge is 0.330 e. The number of nitrogens with zero attached hydrogens (tertiary/aromatic N) is 1. The van der Waals surface area contributed by atoms with Gasteiger partial charge in [0.1, 0.15) is 5.82 Å². The highest BCUT2D eigenvalue weighted by molar-refractivity contribution is 5.22. The van der Waals surface area contributed by atoms with Gasteiger partial charge in [-0.15, -0.1) is 0 Å². The molecule has 1 atom stereocenters. The first-order valence-corrected chi connectivity index (χ1v) is 6.00. The van der Waals surface area contributed by atoms with E-state index < -0.39 is 0 Å². The van der Waals surface area contributed by atoms with Gasteiger partial charge in [0.25, 0.3) is 0 Å². The summed E-state index contributed by atoms with van der Waals surface area (Å²) in [5.74, 6) is -0.192. The normalized spacial score (nSPS) is 14.1. The molecule has 1 aromatic carbocycles. The Morgan fingerprint density at radius 2 is 1.76 bits per heavy atom. The lowest BCUT2D eigenvalue weighted by Crippen LogP contribution is -2.35. The number of hydrogen-bond donors (Lipinski definition) is 1. The molecular formula is C14H23FN2. The minimum absolute atomic E-state index is 0.0656. The summed E-state index contributed by atoms with van der Waals surface area (Å²) in [5.41, 5.74) is 6.88. The molecule has 0 heterocycles. The zero-order valence-corrected chi connectivity index (χ0v) is 11.2. The van der Waals surface area contributed by atoms with Gasteiger partial charge < -0.3 is 10.6 Å². The van der Waals surface area contributed by atoms with Crippen LogP contribution >= 0.6 is 0 Å². The van der Waals surface area contributed by atoms with Crippen molar-refractivity contribution in [3.05, 3.63) is 35.6 Å². The van der Waals surface area contributed by atoms with E-state index in [0.29, 0.717) is 6.54 Å². The molecule has 0 aliphatic heterocycles. The fourth-order valence-corrected chi connectivity index (χ4v) is 2.60. The molecule has 0 bridgehead atoms. The molecule has 0 spiro atoms. The lowest BCUT2D eigenvalue weighted by atomic mass is 9.77. The highest BCUT2D eigenvalue weighted by Crippen LogP contribution is 2.39. The molecule has 0 radical (unpaired) electrons. The predicted molar refractivity (Wildman–Crippen MR) is 70.3 cm³/mol. The van der Waals surface area contributed by atoms with Crippen LogP contribution in [0.2, 0.25) is 0 Å². The second-order valence-corrected chi connectivity index (χ2v) is 5.44. The van der Waals surface area contributed by atoms with Gasteiger partial charge in [0.2, 0.25) is 0 Å². The fraction of sp³-hybridized carbons (Fsp3) is 0.571. The molecule has 0 saturated heterocycles. The van der Waals surface area contributed by atoms with Crippen molar-refractivity contribution in [2.45, 2.75) is 26.3 Å². The van der Waals surface area contributed by atoms with Gasteiger partial charge in [-0.25, -0.2) is 4.39 Å². The van der Waals surface area contributed by atoms with E-state index in [0.717, 1.165) is 12.0 Å². The second-order valence-electron chi connectivity index (χ2n) is 5.44. The number of nitrogens with two attached hydrogens (primary N) is 1. The van der Waals surface area contributed by atoms with Crippen LogP contribution < -0.4 is 5.73 Å². The molecule has 0 fully saturated rings. The smallest absolute Gasteiger partial charge is 0.123 e. The summed E-state index contributed by atoms with van der Waals surface area (Å²) in [6.07, 6.45) is 0.938. The molecule has 0 aromatic heterocycles. The molecule has 1 unspecified atom stereocenters. The van der Waals surface area contributed by atoms with E-state index in [-0.39, 0.29) is 17.3 Å². The quantitative estimate of drug-likeness (QED) is 0.854. The Bertz CT molecular complexity index is 344. The highest BCUT2D eigenvalue weighted by Gasteiger charge is 2.31. The first kappa shape index (κ1) is 14.1. The van der Waals surface area contributed by atoms with E-state index in [2.05, 4.69) is 18.7 Å². The van der Waals surface area contributed by atoms with Crippen molar-refractivity contribution >= 4 is 0 Å². The highest BCUT2D eigenvalue weighted by atomic mass is 19.1. The molecule has 0 amide bonds. The average molecular weight is 238 g/mol. The standard InChI is InChI=1S/C14H23FN2/c1-14(2,9-10-16)13(17(3)4)11-5-7-12(15)8-6-11/h5-8,13H,9-10,16H2,1-4H3. The maximum Gasteiger partial charge on any atom is 0.123 e. The van der Waals surface area contributed by atoms with Gasteiger partial charge in [-0.05, 0) is 50.2 Å². The van der Waals surface area contributed by atoms with Gasteiger partial charge in [-0.3, -0.25) is 0 Å². The van der Waals surface area contributed by atoms with E-state index in [4.69, 9.17) is 5.73 Å². The van der Waals surface area contributed by atoms with Gasteiger partial charge in [-0.2, -0.15) is 0 Å². The van der Waals surface area contributed by atoms with Crippen molar-refractivity contribution in [3.63, 3.8) is 0 Å². The Hall–Kier alpha value is -0.930. The number of rotatable bonds is 5. The Balaban J connectivity index is 3.05. The van der Waals surface area contributed by atoms with Gasteiger partial charge >= 0.3 is 0 Å². The summed E-state index contributed by atoms with van der Waals surface area (Å²) in [4.78, 5) is 2.17. The topological polar surface area (TPSA) is 29.3 Å². The zero-order valence-electron chi connectivity index (χ0n) is 11.2. The Labute approximate surface area is 104 Å². The van der Waals surface area contributed by atoms with Crippen LogP contribution in [-0.4, -0.2) is 25.5 Å². The van der Waals surface area contributed by atoms with Crippen molar-refractivity contribution in [3.8, 4) is 0 Å². The summed E-state index contributed by atoms with van der Waals surface area (Å²) in [6, 6.07) is 7.00. The molecule has 1 aromatic rings. The zero-order chi connectivity index (χ0) is 13.1. The molecule has 0 saturated carbocycles. The molecule has 3 heteroatoms. The van der Waals surface area contributed by atoms with Gasteiger partial charge in [0.15, 0.2) is 0 Å². The summed E-state index contributed by atoms with van der Waals surface area (Å²) in [7, 11) is 4.10. The van der Waals surface area contributed by atoms with Crippen LogP contribution in [-0.2, 0) is 0 Å². The summed E-state index contributed by atoms with van der Waals surface area (Å²) in [5, 5.41) is 0. The molecule has 0 aliphatic carbocycles. The van der Waals surface area contributed by atoms with E-state index in [1.807, 2.05) is 26.2 Å². The van der Waals surface area contributed by atoms with Crippen LogP contribution in [0, 0.1) is 11.2 Å². The van der Waals surface area contributed by atoms with Crippen LogP contribution in [0.5, 0.6) is 0 Å². The predicted octanol–water partition coefficient (Wildman–Crippen LogP) is 2.80. The van der Waals surface area contributed by atoms with Crippen molar-refractivity contribution in [1.82, 2.24) is 4.90 Å². The van der Waals surface area contributed by atoms with Crippen molar-refractivity contribution in [2.75, 3.05) is 20.6 Å². The SMILES string of the molecule is CN(C)C(c1ccc(F)cc1)C(C)(C)CCN. The monoisotopic (exact) mass is 238 g/mol. The van der Waals surface area contributed by atoms with E-state index >= 15 is 0 Å². The third-order valence-corrected chi connectivity index (χ3v) is 3.23. The summed E-state index contributed by atoms with van der Waals surface area (Å²) in [6.45, 7) is 5.07. The van der Waals surface area contributed by atoms with Gasteiger partial charge in [-0.1, -0.05) is 26.0 Å². The lowest BCUT2D eigenvalue weighted by molar-refractivity contribution is 0.128. The molecular weight excluding hydrogens is 215 g/mol. The molecule has 2 N–H and O–H groups in total. The molecule has 1 rings (SSSR count). The van der Waals surface area contributed by atoms with Crippen LogP contribution in [0.15, 0.2) is 24.3 Å². The molecule has 0 aliphatic rings. The van der Waals surface area contributed by atoms with Crippen LogP contribution in [0.1, 0.15) is 31.9 Å².